The van der Waals surface area contributed by atoms with Gasteiger partial charge in [-0.1, -0.05) is 37.0 Å². The molecule has 1 aromatic rings. The van der Waals surface area contributed by atoms with Gasteiger partial charge >= 0.3 is 16.2 Å². The van der Waals surface area contributed by atoms with Crippen LogP contribution >= 0.6 is 0 Å². The molecule has 0 heterocycles. The van der Waals surface area contributed by atoms with Crippen LogP contribution in [0.4, 0.5) is 4.79 Å². The van der Waals surface area contributed by atoms with Crippen molar-refractivity contribution < 1.29 is 22.2 Å². The van der Waals surface area contributed by atoms with Gasteiger partial charge in [-0.3, -0.25) is 0 Å². The predicted octanol–water partition coefficient (Wildman–Crippen LogP) is 2.92. The topological polar surface area (TPSA) is 81.7 Å². The summed E-state index contributed by atoms with van der Waals surface area (Å²) in [7, 11) is -4.03. The van der Waals surface area contributed by atoms with Crippen LogP contribution in [0.2, 0.25) is 0 Å². The molecule has 0 bridgehead atoms. The van der Waals surface area contributed by atoms with Crippen LogP contribution in [0.3, 0.4) is 0 Å². The van der Waals surface area contributed by atoms with Gasteiger partial charge in [0.05, 0.1) is 11.5 Å². The average Bonchev–Trinajstić information content (AvgIpc) is 2.52. The first-order valence-electron chi connectivity index (χ1n) is 7.40. The Kier molecular flexibility index (Phi) is 5.79. The van der Waals surface area contributed by atoms with Crippen LogP contribution in [0.25, 0.3) is 0 Å². The van der Waals surface area contributed by atoms with Crippen LogP contribution in [-0.2, 0) is 19.1 Å². The molecule has 0 saturated heterocycles. The SMILES string of the molecule is Cc1ccc(S(=O)(=O)ONC(=O)OCC2CCCCC2)cc1. The molecule has 122 valence electrons. The van der Waals surface area contributed by atoms with E-state index in [-0.39, 0.29) is 4.90 Å². The minimum Gasteiger partial charge on any atom is -0.448 e. The number of carbonyl (C=O) groups is 1. The number of rotatable bonds is 5. The van der Waals surface area contributed by atoms with Crippen LogP contribution in [-0.4, -0.2) is 21.1 Å². The number of ether oxygens (including phenoxy) is 1. The average molecular weight is 327 g/mol. The third-order valence-electron chi connectivity index (χ3n) is 3.72. The zero-order chi connectivity index (χ0) is 16.0. The molecule has 1 aromatic carbocycles. The Morgan fingerprint density at radius 2 is 1.82 bits per heavy atom. The number of nitrogens with one attached hydrogen (secondary N) is 1. The maximum absolute atomic E-state index is 11.9. The fourth-order valence-electron chi connectivity index (χ4n) is 2.42. The highest BCUT2D eigenvalue weighted by Gasteiger charge is 2.19. The van der Waals surface area contributed by atoms with Crippen molar-refractivity contribution in [2.75, 3.05) is 6.61 Å². The van der Waals surface area contributed by atoms with Crippen molar-refractivity contribution in [1.29, 1.82) is 0 Å². The van der Waals surface area contributed by atoms with E-state index in [1.165, 1.54) is 18.6 Å². The van der Waals surface area contributed by atoms with Gasteiger partial charge in [0.15, 0.2) is 0 Å². The molecule has 2 rings (SSSR count). The molecule has 1 amide bonds. The molecule has 0 unspecified atom stereocenters. The van der Waals surface area contributed by atoms with E-state index < -0.39 is 16.2 Å². The molecule has 1 aliphatic carbocycles. The van der Waals surface area contributed by atoms with Gasteiger partial charge in [-0.15, -0.1) is 4.28 Å². The van der Waals surface area contributed by atoms with Crippen LogP contribution in [0.1, 0.15) is 37.7 Å². The number of hydroxylamine groups is 1. The largest absolute Gasteiger partial charge is 0.448 e. The van der Waals surface area contributed by atoms with Crippen molar-refractivity contribution in [3.05, 3.63) is 29.8 Å². The van der Waals surface area contributed by atoms with Crippen molar-refractivity contribution in [1.82, 2.24) is 5.48 Å². The molecular weight excluding hydrogens is 306 g/mol. The number of aryl methyl sites for hydroxylation is 1. The maximum atomic E-state index is 11.9. The second-order valence-electron chi connectivity index (χ2n) is 5.56. The summed E-state index contributed by atoms with van der Waals surface area (Å²) in [6.07, 6.45) is 4.70. The van der Waals surface area contributed by atoms with Crippen molar-refractivity contribution in [2.45, 2.75) is 43.9 Å². The molecule has 6 nitrogen and oxygen atoms in total. The third kappa shape index (κ3) is 4.99. The highest BCUT2D eigenvalue weighted by atomic mass is 32.2. The van der Waals surface area contributed by atoms with Gasteiger partial charge in [0.1, 0.15) is 0 Å². The summed E-state index contributed by atoms with van der Waals surface area (Å²) in [4.78, 5) is 11.5. The van der Waals surface area contributed by atoms with Gasteiger partial charge in [-0.2, -0.15) is 13.9 Å². The lowest BCUT2D eigenvalue weighted by Gasteiger charge is -2.20. The Bertz CT molecular complexity index is 591. The molecule has 0 atom stereocenters. The number of amides is 1. The summed E-state index contributed by atoms with van der Waals surface area (Å²) in [6, 6.07) is 6.13. The first-order valence-corrected chi connectivity index (χ1v) is 8.81. The van der Waals surface area contributed by atoms with Crippen LogP contribution in [0, 0.1) is 12.8 Å². The maximum Gasteiger partial charge on any atom is 0.432 e. The summed E-state index contributed by atoms with van der Waals surface area (Å²) in [5, 5.41) is 0. The molecular formula is C15H21NO5S. The summed E-state index contributed by atoms with van der Waals surface area (Å²) in [5.41, 5.74) is 2.76. The van der Waals surface area contributed by atoms with Crippen molar-refractivity contribution in [3.63, 3.8) is 0 Å². The molecule has 1 N–H and O–H groups in total. The lowest BCUT2D eigenvalue weighted by molar-refractivity contribution is 0.0825. The number of carbonyl (C=O) groups excluding carboxylic acids is 1. The van der Waals surface area contributed by atoms with E-state index in [1.807, 2.05) is 12.4 Å². The van der Waals surface area contributed by atoms with Gasteiger partial charge in [-0.25, -0.2) is 4.79 Å². The van der Waals surface area contributed by atoms with E-state index in [9.17, 15) is 13.2 Å². The summed E-state index contributed by atoms with van der Waals surface area (Å²) in [5.74, 6) is 0.355. The zero-order valence-electron chi connectivity index (χ0n) is 12.6. The van der Waals surface area contributed by atoms with E-state index in [0.29, 0.717) is 12.5 Å². The minimum absolute atomic E-state index is 0.0225. The lowest BCUT2D eigenvalue weighted by Crippen LogP contribution is -2.29. The summed E-state index contributed by atoms with van der Waals surface area (Å²) >= 11 is 0. The normalized spacial score (nSPS) is 16.2. The summed E-state index contributed by atoms with van der Waals surface area (Å²) in [6.45, 7) is 2.14. The first-order chi connectivity index (χ1) is 10.5. The first kappa shape index (κ1) is 16.8. The van der Waals surface area contributed by atoms with Gasteiger partial charge in [0.25, 0.3) is 0 Å². The lowest BCUT2D eigenvalue weighted by atomic mass is 9.90. The molecule has 0 radical (unpaired) electrons. The van der Waals surface area contributed by atoms with Crippen LogP contribution in [0.5, 0.6) is 0 Å². The minimum atomic E-state index is -4.03. The number of hydrogen-bond donors (Lipinski definition) is 1. The second-order valence-corrected chi connectivity index (χ2v) is 7.10. The Hall–Kier alpha value is -1.60. The fourth-order valence-corrected chi connectivity index (χ4v) is 3.16. The van der Waals surface area contributed by atoms with Crippen molar-refractivity contribution >= 4 is 16.2 Å². The van der Waals surface area contributed by atoms with E-state index in [4.69, 9.17) is 4.74 Å². The molecule has 1 saturated carbocycles. The Labute approximate surface area is 130 Å². The van der Waals surface area contributed by atoms with Crippen molar-refractivity contribution in [2.24, 2.45) is 5.92 Å². The Morgan fingerprint density at radius 1 is 1.18 bits per heavy atom. The standard InChI is InChI=1S/C15H21NO5S/c1-12-7-9-14(10-8-12)22(18,19)21-16-15(17)20-11-13-5-3-2-4-6-13/h7-10,13H,2-6,11H2,1H3,(H,16,17). The highest BCUT2D eigenvalue weighted by molar-refractivity contribution is 7.86. The third-order valence-corrected chi connectivity index (χ3v) is 4.87. The highest BCUT2D eigenvalue weighted by Crippen LogP contribution is 2.23. The second kappa shape index (κ2) is 7.60. The predicted molar refractivity (Wildman–Crippen MR) is 80.5 cm³/mol. The molecule has 1 aliphatic rings. The quantitative estimate of drug-likeness (QED) is 0.841. The van der Waals surface area contributed by atoms with E-state index in [1.54, 1.807) is 12.1 Å². The van der Waals surface area contributed by atoms with E-state index >= 15 is 0 Å². The van der Waals surface area contributed by atoms with Crippen molar-refractivity contribution in [3.8, 4) is 0 Å². The smallest absolute Gasteiger partial charge is 0.432 e. The van der Waals surface area contributed by atoms with Crippen LogP contribution in [0.15, 0.2) is 29.2 Å². The zero-order valence-corrected chi connectivity index (χ0v) is 13.4. The molecule has 22 heavy (non-hydrogen) atoms. The monoisotopic (exact) mass is 327 g/mol. The van der Waals surface area contributed by atoms with Crippen LogP contribution < -0.4 is 5.48 Å². The molecule has 7 heteroatoms. The molecule has 1 fully saturated rings. The molecule has 0 spiro atoms. The van der Waals surface area contributed by atoms with E-state index in [2.05, 4.69) is 4.28 Å². The molecule has 0 aromatic heterocycles. The van der Waals surface area contributed by atoms with Gasteiger partial charge < -0.3 is 4.74 Å². The Balaban J connectivity index is 1.78. The molecule has 0 aliphatic heterocycles. The summed E-state index contributed by atoms with van der Waals surface area (Å²) < 4.78 is 33.2. The Morgan fingerprint density at radius 3 is 2.45 bits per heavy atom. The van der Waals surface area contributed by atoms with Gasteiger partial charge in [-0.05, 0) is 37.8 Å². The van der Waals surface area contributed by atoms with Gasteiger partial charge in [0.2, 0.25) is 0 Å². The number of hydrogen-bond acceptors (Lipinski definition) is 5. The fraction of sp³-hybridized carbons (Fsp3) is 0.533. The van der Waals surface area contributed by atoms with E-state index in [0.717, 1.165) is 31.2 Å². The van der Waals surface area contributed by atoms with Gasteiger partial charge in [0, 0.05) is 0 Å². The number of benzene rings is 1.